The number of nitrogens with two attached hydrogens (primary N) is 1. The van der Waals surface area contributed by atoms with Gasteiger partial charge in [-0.25, -0.2) is 4.79 Å². The predicted molar refractivity (Wildman–Crippen MR) is 63.0 cm³/mol. The Bertz CT molecular complexity index is 437. The highest BCUT2D eigenvalue weighted by Crippen LogP contribution is 2.27. The van der Waals surface area contributed by atoms with Crippen molar-refractivity contribution in [3.8, 4) is 0 Å². The Kier molecular flexibility index (Phi) is 3.06. The molecule has 0 saturated carbocycles. The zero-order valence-electron chi connectivity index (χ0n) is 9.27. The van der Waals surface area contributed by atoms with Crippen LogP contribution in [0.2, 0.25) is 0 Å². The zero-order valence-corrected chi connectivity index (χ0v) is 9.27. The van der Waals surface area contributed by atoms with Crippen molar-refractivity contribution in [2.45, 2.75) is 18.9 Å². The molecule has 1 aliphatic carbocycles. The van der Waals surface area contributed by atoms with E-state index in [0.717, 1.165) is 18.4 Å². The molecular weight excluding hydrogens is 202 g/mol. The molecule has 0 aliphatic heterocycles. The number of hydrogen-bond acceptors (Lipinski definition) is 3. The third kappa shape index (κ3) is 2.14. The van der Waals surface area contributed by atoms with Crippen molar-refractivity contribution in [3.63, 3.8) is 0 Å². The van der Waals surface area contributed by atoms with Gasteiger partial charge in [-0.2, -0.15) is 0 Å². The number of carbonyl (C=O) groups is 1. The monoisotopic (exact) mass is 217 g/mol. The smallest absolute Gasteiger partial charge is 0.337 e. The molecule has 1 aromatic carbocycles. The van der Waals surface area contributed by atoms with Crippen LogP contribution in [0.3, 0.4) is 0 Å². The van der Waals surface area contributed by atoms with Crippen LogP contribution in [0.1, 0.15) is 28.8 Å². The quantitative estimate of drug-likeness (QED) is 0.771. The Morgan fingerprint density at radius 1 is 1.50 bits per heavy atom. The number of esters is 1. The van der Waals surface area contributed by atoms with Crippen molar-refractivity contribution < 1.29 is 9.53 Å². The SMILES string of the molecule is COC(=O)c1cccc(C2=CCC(N)C2)c1. The second-order valence-electron chi connectivity index (χ2n) is 4.00. The van der Waals surface area contributed by atoms with Crippen LogP contribution in [0.15, 0.2) is 30.3 Å². The van der Waals surface area contributed by atoms with Gasteiger partial charge >= 0.3 is 5.97 Å². The second-order valence-corrected chi connectivity index (χ2v) is 4.00. The molecule has 84 valence electrons. The van der Waals surface area contributed by atoms with Gasteiger partial charge in [0.05, 0.1) is 12.7 Å². The molecule has 0 spiro atoms. The molecule has 1 aliphatic rings. The highest BCUT2D eigenvalue weighted by molar-refractivity contribution is 5.90. The molecular formula is C13H15NO2. The summed E-state index contributed by atoms with van der Waals surface area (Å²) in [5.41, 5.74) is 8.71. The molecule has 16 heavy (non-hydrogen) atoms. The predicted octanol–water partition coefficient (Wildman–Crippen LogP) is 1.98. The number of hydrogen-bond donors (Lipinski definition) is 1. The summed E-state index contributed by atoms with van der Waals surface area (Å²) in [7, 11) is 1.39. The third-order valence-corrected chi connectivity index (χ3v) is 2.80. The molecule has 2 N–H and O–H groups in total. The van der Waals surface area contributed by atoms with Crippen LogP contribution in [0.5, 0.6) is 0 Å². The first-order valence-corrected chi connectivity index (χ1v) is 5.34. The summed E-state index contributed by atoms with van der Waals surface area (Å²) in [5.74, 6) is -0.301. The lowest BCUT2D eigenvalue weighted by atomic mass is 10.0. The molecule has 0 amide bonds. The first-order chi connectivity index (χ1) is 7.70. The molecule has 1 aromatic rings. The second kappa shape index (κ2) is 4.49. The Morgan fingerprint density at radius 2 is 2.31 bits per heavy atom. The summed E-state index contributed by atoms with van der Waals surface area (Å²) >= 11 is 0. The fourth-order valence-corrected chi connectivity index (χ4v) is 1.94. The molecule has 0 saturated heterocycles. The lowest BCUT2D eigenvalue weighted by molar-refractivity contribution is 0.0600. The van der Waals surface area contributed by atoms with Gasteiger partial charge in [-0.05, 0) is 36.1 Å². The minimum Gasteiger partial charge on any atom is -0.465 e. The van der Waals surface area contributed by atoms with Crippen molar-refractivity contribution >= 4 is 11.5 Å². The average molecular weight is 217 g/mol. The third-order valence-electron chi connectivity index (χ3n) is 2.80. The lowest BCUT2D eigenvalue weighted by Gasteiger charge is -2.06. The minimum absolute atomic E-state index is 0.219. The topological polar surface area (TPSA) is 52.3 Å². The van der Waals surface area contributed by atoms with E-state index in [0.29, 0.717) is 5.56 Å². The van der Waals surface area contributed by atoms with Gasteiger partial charge in [0, 0.05) is 6.04 Å². The highest BCUT2D eigenvalue weighted by atomic mass is 16.5. The fourth-order valence-electron chi connectivity index (χ4n) is 1.94. The Morgan fingerprint density at radius 3 is 2.94 bits per heavy atom. The van der Waals surface area contributed by atoms with Crippen LogP contribution in [0.4, 0.5) is 0 Å². The van der Waals surface area contributed by atoms with Crippen LogP contribution in [-0.2, 0) is 4.74 Å². The summed E-state index contributed by atoms with van der Waals surface area (Å²) in [4.78, 5) is 11.4. The first-order valence-electron chi connectivity index (χ1n) is 5.34. The van der Waals surface area contributed by atoms with Gasteiger partial charge in [0.2, 0.25) is 0 Å². The van der Waals surface area contributed by atoms with Crippen molar-refractivity contribution in [2.24, 2.45) is 5.73 Å². The Labute approximate surface area is 94.9 Å². The van der Waals surface area contributed by atoms with E-state index in [-0.39, 0.29) is 12.0 Å². The summed E-state index contributed by atoms with van der Waals surface area (Å²) in [5, 5.41) is 0. The summed E-state index contributed by atoms with van der Waals surface area (Å²) in [6.07, 6.45) is 3.93. The van der Waals surface area contributed by atoms with Crippen LogP contribution in [0.25, 0.3) is 5.57 Å². The lowest BCUT2D eigenvalue weighted by Crippen LogP contribution is -2.14. The standard InChI is InChI=1S/C13H15NO2/c1-16-13(15)11-4-2-3-9(7-11)10-5-6-12(14)8-10/h2-5,7,12H,6,8,14H2,1H3. The molecule has 2 rings (SSSR count). The number of methoxy groups -OCH3 is 1. The summed E-state index contributed by atoms with van der Waals surface area (Å²) in [6.45, 7) is 0. The first kappa shape index (κ1) is 10.9. The molecule has 0 heterocycles. The maximum atomic E-state index is 11.4. The maximum Gasteiger partial charge on any atom is 0.337 e. The maximum absolute atomic E-state index is 11.4. The minimum atomic E-state index is -0.301. The van der Waals surface area contributed by atoms with Crippen molar-refractivity contribution in [3.05, 3.63) is 41.5 Å². The van der Waals surface area contributed by atoms with Gasteiger partial charge in [0.25, 0.3) is 0 Å². The van der Waals surface area contributed by atoms with Gasteiger partial charge in [-0.1, -0.05) is 18.2 Å². The molecule has 0 fully saturated rings. The largest absolute Gasteiger partial charge is 0.465 e. The van der Waals surface area contributed by atoms with E-state index in [2.05, 4.69) is 6.08 Å². The molecule has 3 nitrogen and oxygen atoms in total. The molecule has 0 radical (unpaired) electrons. The number of benzene rings is 1. The Balaban J connectivity index is 2.26. The fraction of sp³-hybridized carbons (Fsp3) is 0.308. The summed E-state index contributed by atoms with van der Waals surface area (Å²) in [6, 6.07) is 7.69. The van der Waals surface area contributed by atoms with E-state index in [4.69, 9.17) is 10.5 Å². The van der Waals surface area contributed by atoms with Crippen molar-refractivity contribution in [1.82, 2.24) is 0 Å². The highest BCUT2D eigenvalue weighted by Gasteiger charge is 2.15. The normalized spacial score (nSPS) is 19.4. The van der Waals surface area contributed by atoms with E-state index in [1.807, 2.05) is 18.2 Å². The molecule has 0 aromatic heterocycles. The number of ether oxygens (including phenoxy) is 1. The zero-order chi connectivity index (χ0) is 11.5. The van der Waals surface area contributed by atoms with E-state index in [1.165, 1.54) is 12.7 Å². The molecule has 0 bridgehead atoms. The van der Waals surface area contributed by atoms with Gasteiger partial charge in [-0.15, -0.1) is 0 Å². The van der Waals surface area contributed by atoms with Crippen LogP contribution < -0.4 is 5.73 Å². The number of rotatable bonds is 2. The van der Waals surface area contributed by atoms with Gasteiger partial charge < -0.3 is 10.5 Å². The van der Waals surface area contributed by atoms with E-state index in [9.17, 15) is 4.79 Å². The molecule has 1 atom stereocenters. The average Bonchev–Trinajstić information content (AvgIpc) is 2.75. The molecule has 1 unspecified atom stereocenters. The summed E-state index contributed by atoms with van der Waals surface area (Å²) < 4.78 is 4.69. The van der Waals surface area contributed by atoms with Crippen molar-refractivity contribution in [2.75, 3.05) is 7.11 Å². The van der Waals surface area contributed by atoms with Crippen LogP contribution in [0, 0.1) is 0 Å². The van der Waals surface area contributed by atoms with Crippen molar-refractivity contribution in [1.29, 1.82) is 0 Å². The van der Waals surface area contributed by atoms with Gasteiger partial charge in [0.15, 0.2) is 0 Å². The molecule has 3 heteroatoms. The van der Waals surface area contributed by atoms with Gasteiger partial charge in [-0.3, -0.25) is 0 Å². The number of carbonyl (C=O) groups excluding carboxylic acids is 1. The Hall–Kier alpha value is -1.61. The van der Waals surface area contributed by atoms with Crippen LogP contribution in [-0.4, -0.2) is 19.1 Å². The van der Waals surface area contributed by atoms with E-state index in [1.54, 1.807) is 6.07 Å². The van der Waals surface area contributed by atoms with Gasteiger partial charge in [0.1, 0.15) is 0 Å². The van der Waals surface area contributed by atoms with Crippen LogP contribution >= 0.6 is 0 Å². The van der Waals surface area contributed by atoms with E-state index < -0.39 is 0 Å². The van der Waals surface area contributed by atoms with E-state index >= 15 is 0 Å².